The average Bonchev–Trinajstić information content (AvgIpc) is 2.58. The lowest BCUT2D eigenvalue weighted by Gasteiger charge is -2.22. The molecular formula is C14H19N3O2. The standard InChI is InChI=1S/C14H19N3O2/c1-15-13(18)7-4-8-17-12-6-3-2-5-11(12)9-16-10-14(17)19/h2-3,5-6,16H,4,7-10H2,1H3,(H,15,18). The Morgan fingerprint density at radius 3 is 2.95 bits per heavy atom. The fraction of sp³-hybridized carbons (Fsp3) is 0.429. The number of hydrogen-bond donors (Lipinski definition) is 2. The number of nitrogens with one attached hydrogen (secondary N) is 2. The van der Waals surface area contributed by atoms with Crippen molar-refractivity contribution in [2.75, 3.05) is 25.0 Å². The first-order valence-corrected chi connectivity index (χ1v) is 6.52. The van der Waals surface area contributed by atoms with Gasteiger partial charge in [-0.2, -0.15) is 0 Å². The molecule has 2 amide bonds. The first-order chi connectivity index (χ1) is 9.22. The topological polar surface area (TPSA) is 61.4 Å². The Kier molecular flexibility index (Phi) is 4.52. The molecule has 2 rings (SSSR count). The van der Waals surface area contributed by atoms with Gasteiger partial charge >= 0.3 is 0 Å². The maximum Gasteiger partial charge on any atom is 0.240 e. The summed E-state index contributed by atoms with van der Waals surface area (Å²) >= 11 is 0. The zero-order valence-electron chi connectivity index (χ0n) is 11.1. The molecule has 0 saturated heterocycles. The van der Waals surface area contributed by atoms with Crippen LogP contribution in [-0.4, -0.2) is 32.0 Å². The van der Waals surface area contributed by atoms with E-state index in [2.05, 4.69) is 10.6 Å². The van der Waals surface area contributed by atoms with Crippen molar-refractivity contribution in [1.82, 2.24) is 10.6 Å². The Labute approximate surface area is 113 Å². The summed E-state index contributed by atoms with van der Waals surface area (Å²) in [6.45, 7) is 1.62. The van der Waals surface area contributed by atoms with Gasteiger partial charge in [0.25, 0.3) is 0 Å². The van der Waals surface area contributed by atoms with Crippen LogP contribution >= 0.6 is 0 Å². The van der Waals surface area contributed by atoms with E-state index in [4.69, 9.17) is 0 Å². The molecule has 102 valence electrons. The van der Waals surface area contributed by atoms with E-state index < -0.39 is 0 Å². The fourth-order valence-electron chi connectivity index (χ4n) is 2.23. The molecule has 0 unspecified atom stereocenters. The zero-order valence-corrected chi connectivity index (χ0v) is 11.1. The number of carbonyl (C=O) groups is 2. The van der Waals surface area contributed by atoms with Crippen molar-refractivity contribution in [3.63, 3.8) is 0 Å². The summed E-state index contributed by atoms with van der Waals surface area (Å²) in [5.41, 5.74) is 2.07. The maximum atomic E-state index is 12.1. The number of carbonyl (C=O) groups excluding carboxylic acids is 2. The van der Waals surface area contributed by atoms with Crippen LogP contribution in [-0.2, 0) is 16.1 Å². The van der Waals surface area contributed by atoms with Crippen molar-refractivity contribution in [3.05, 3.63) is 29.8 Å². The number of amides is 2. The molecule has 5 nitrogen and oxygen atoms in total. The molecule has 1 aromatic rings. The number of rotatable bonds is 4. The van der Waals surface area contributed by atoms with Gasteiger partial charge in [-0.1, -0.05) is 18.2 Å². The molecule has 1 aliphatic heterocycles. The fourth-order valence-corrected chi connectivity index (χ4v) is 2.23. The van der Waals surface area contributed by atoms with E-state index in [0.717, 1.165) is 11.3 Å². The highest BCUT2D eigenvalue weighted by atomic mass is 16.2. The number of fused-ring (bicyclic) bond motifs is 1. The molecule has 5 heteroatoms. The Morgan fingerprint density at radius 1 is 1.37 bits per heavy atom. The van der Waals surface area contributed by atoms with Crippen molar-refractivity contribution in [2.45, 2.75) is 19.4 Å². The van der Waals surface area contributed by atoms with E-state index in [1.807, 2.05) is 24.3 Å². The predicted molar refractivity (Wildman–Crippen MR) is 73.8 cm³/mol. The van der Waals surface area contributed by atoms with Gasteiger partial charge < -0.3 is 15.5 Å². The average molecular weight is 261 g/mol. The quantitative estimate of drug-likeness (QED) is 0.836. The first kappa shape index (κ1) is 13.5. The third kappa shape index (κ3) is 3.32. The van der Waals surface area contributed by atoms with Crippen molar-refractivity contribution in [2.24, 2.45) is 0 Å². The second-order valence-corrected chi connectivity index (χ2v) is 4.55. The highest BCUT2D eigenvalue weighted by molar-refractivity contribution is 5.96. The summed E-state index contributed by atoms with van der Waals surface area (Å²) in [7, 11) is 1.62. The molecule has 1 aliphatic rings. The van der Waals surface area contributed by atoms with Crippen LogP contribution in [0, 0.1) is 0 Å². The van der Waals surface area contributed by atoms with Gasteiger partial charge in [-0.05, 0) is 18.1 Å². The number of benzene rings is 1. The zero-order chi connectivity index (χ0) is 13.7. The van der Waals surface area contributed by atoms with E-state index >= 15 is 0 Å². The maximum absolute atomic E-state index is 12.1. The minimum Gasteiger partial charge on any atom is -0.359 e. The minimum absolute atomic E-state index is 0.00804. The second-order valence-electron chi connectivity index (χ2n) is 4.55. The lowest BCUT2D eigenvalue weighted by atomic mass is 10.1. The minimum atomic E-state index is 0.00804. The van der Waals surface area contributed by atoms with Crippen molar-refractivity contribution in [1.29, 1.82) is 0 Å². The van der Waals surface area contributed by atoms with Gasteiger partial charge in [0.05, 0.1) is 6.54 Å². The van der Waals surface area contributed by atoms with Gasteiger partial charge in [-0.3, -0.25) is 9.59 Å². The van der Waals surface area contributed by atoms with Crippen LogP contribution in [0.1, 0.15) is 18.4 Å². The Morgan fingerprint density at radius 2 is 2.16 bits per heavy atom. The van der Waals surface area contributed by atoms with Crippen LogP contribution in [0.3, 0.4) is 0 Å². The van der Waals surface area contributed by atoms with Gasteiger partial charge in [0, 0.05) is 32.2 Å². The van der Waals surface area contributed by atoms with Crippen LogP contribution in [0.2, 0.25) is 0 Å². The summed E-state index contributed by atoms with van der Waals surface area (Å²) in [4.78, 5) is 25.1. The molecule has 1 aromatic carbocycles. The van der Waals surface area contributed by atoms with Crippen LogP contribution in [0.15, 0.2) is 24.3 Å². The second kappa shape index (κ2) is 6.33. The van der Waals surface area contributed by atoms with E-state index in [1.165, 1.54) is 0 Å². The summed E-state index contributed by atoms with van der Waals surface area (Å²) < 4.78 is 0. The largest absolute Gasteiger partial charge is 0.359 e. The summed E-state index contributed by atoms with van der Waals surface area (Å²) in [6, 6.07) is 7.88. The monoisotopic (exact) mass is 261 g/mol. The van der Waals surface area contributed by atoms with E-state index in [9.17, 15) is 9.59 Å². The molecule has 1 heterocycles. The summed E-state index contributed by atoms with van der Waals surface area (Å²) in [5, 5.41) is 5.71. The SMILES string of the molecule is CNC(=O)CCCN1C(=O)CNCc2ccccc21. The van der Waals surface area contributed by atoms with Gasteiger partial charge in [-0.15, -0.1) is 0 Å². The van der Waals surface area contributed by atoms with Crippen LogP contribution in [0.4, 0.5) is 5.69 Å². The number of hydrogen-bond acceptors (Lipinski definition) is 3. The molecule has 0 fully saturated rings. The smallest absolute Gasteiger partial charge is 0.240 e. The van der Waals surface area contributed by atoms with Crippen LogP contribution in [0.25, 0.3) is 0 Å². The molecular weight excluding hydrogens is 242 g/mol. The van der Waals surface area contributed by atoms with Crippen LogP contribution < -0.4 is 15.5 Å². The number of nitrogens with zero attached hydrogens (tertiary/aromatic N) is 1. The van der Waals surface area contributed by atoms with E-state index in [0.29, 0.717) is 32.5 Å². The van der Waals surface area contributed by atoms with E-state index in [1.54, 1.807) is 11.9 Å². The highest BCUT2D eigenvalue weighted by Gasteiger charge is 2.21. The molecule has 0 spiro atoms. The van der Waals surface area contributed by atoms with Gasteiger partial charge in [0.15, 0.2) is 0 Å². The molecule has 0 radical (unpaired) electrons. The summed E-state index contributed by atoms with van der Waals surface area (Å²) in [5.74, 6) is 0.0653. The molecule has 0 aliphatic carbocycles. The molecule has 2 N–H and O–H groups in total. The molecule has 0 atom stereocenters. The third-order valence-corrected chi connectivity index (χ3v) is 3.24. The Balaban J connectivity index is 2.08. The lowest BCUT2D eigenvalue weighted by Crippen LogP contribution is -2.36. The van der Waals surface area contributed by atoms with Crippen molar-refractivity contribution in [3.8, 4) is 0 Å². The lowest BCUT2D eigenvalue weighted by molar-refractivity contribution is -0.121. The molecule has 0 aromatic heterocycles. The summed E-state index contributed by atoms with van der Waals surface area (Å²) in [6.07, 6.45) is 1.11. The first-order valence-electron chi connectivity index (χ1n) is 6.52. The number of anilines is 1. The van der Waals surface area contributed by atoms with Gasteiger partial charge in [0.1, 0.15) is 0 Å². The van der Waals surface area contributed by atoms with Crippen molar-refractivity contribution < 1.29 is 9.59 Å². The van der Waals surface area contributed by atoms with Crippen molar-refractivity contribution >= 4 is 17.5 Å². The Bertz CT molecular complexity index is 474. The molecule has 19 heavy (non-hydrogen) atoms. The molecule has 0 saturated carbocycles. The van der Waals surface area contributed by atoms with Crippen LogP contribution in [0.5, 0.6) is 0 Å². The van der Waals surface area contributed by atoms with Gasteiger partial charge in [-0.25, -0.2) is 0 Å². The Hall–Kier alpha value is -1.88. The number of para-hydroxylation sites is 1. The molecule has 0 bridgehead atoms. The normalized spacial score (nSPS) is 14.8. The predicted octanol–water partition coefficient (Wildman–Crippen LogP) is 0.649. The third-order valence-electron chi connectivity index (χ3n) is 3.24. The highest BCUT2D eigenvalue weighted by Crippen LogP contribution is 2.22. The van der Waals surface area contributed by atoms with Gasteiger partial charge in [0.2, 0.25) is 11.8 Å². The van der Waals surface area contributed by atoms with E-state index in [-0.39, 0.29) is 11.8 Å².